The van der Waals surface area contributed by atoms with Crippen molar-refractivity contribution in [1.82, 2.24) is 9.80 Å². The number of likely N-dealkylation sites (tertiary alicyclic amines) is 1. The van der Waals surface area contributed by atoms with E-state index in [1.54, 1.807) is 7.11 Å². The molecule has 3 heterocycles. The summed E-state index contributed by atoms with van der Waals surface area (Å²) in [4.78, 5) is 25.2. The summed E-state index contributed by atoms with van der Waals surface area (Å²) in [5.41, 5.74) is 4.59. The molecule has 44 heavy (non-hydrogen) atoms. The van der Waals surface area contributed by atoms with Crippen LogP contribution in [0.5, 0.6) is 0 Å². The van der Waals surface area contributed by atoms with Crippen LogP contribution in [0, 0.1) is 0 Å². The van der Waals surface area contributed by atoms with E-state index >= 15 is 0 Å². The van der Waals surface area contributed by atoms with Gasteiger partial charge in [-0.2, -0.15) is 4.99 Å². The second-order valence-corrected chi connectivity index (χ2v) is 13.3. The largest absolute Gasteiger partial charge is 0.481 e. The Hall–Kier alpha value is -3.52. The molecule has 5 rings (SSSR count). The number of piperazine rings is 1. The van der Waals surface area contributed by atoms with Crippen LogP contribution in [-0.2, 0) is 15.9 Å². The Kier molecular flexibility index (Phi) is 9.88. The molecule has 2 fully saturated rings. The van der Waals surface area contributed by atoms with E-state index in [9.17, 15) is 9.90 Å². The van der Waals surface area contributed by atoms with Gasteiger partial charge in [0.05, 0.1) is 19.2 Å². The maximum Gasteiger partial charge on any atom is 0.410 e. The molecule has 3 aliphatic heterocycles. The molecular weight excluding hydrogens is 552 g/mol. The van der Waals surface area contributed by atoms with Crippen LogP contribution in [0.2, 0.25) is 0 Å². The number of aryl methyl sites for hydroxylation is 1. The third-order valence-electron chi connectivity index (χ3n) is 8.95. The molecule has 0 saturated carbocycles. The molecule has 1 amide bonds. The highest BCUT2D eigenvalue weighted by molar-refractivity contribution is 6.01. The number of methoxy groups -OCH3 is 1. The summed E-state index contributed by atoms with van der Waals surface area (Å²) in [7, 11) is 1.69. The summed E-state index contributed by atoms with van der Waals surface area (Å²) < 4.78 is 11.5. The van der Waals surface area contributed by atoms with E-state index < -0.39 is 5.60 Å². The highest BCUT2D eigenvalue weighted by atomic mass is 16.6. The molecule has 2 atom stereocenters. The van der Waals surface area contributed by atoms with Gasteiger partial charge in [-0.3, -0.25) is 4.90 Å². The zero-order valence-corrected chi connectivity index (χ0v) is 27.4. The number of amidine groups is 1. The topological polar surface area (TPSA) is 77.8 Å². The van der Waals surface area contributed by atoms with Gasteiger partial charge in [-0.25, -0.2) is 4.79 Å². The first kappa shape index (κ1) is 31.9. The summed E-state index contributed by atoms with van der Waals surface area (Å²) in [5.74, 6) is 1.61. The Bertz CT molecular complexity index is 1420. The molecule has 3 aliphatic rings. The first-order chi connectivity index (χ1) is 21.1. The van der Waals surface area contributed by atoms with Crippen LogP contribution < -0.4 is 4.90 Å². The lowest BCUT2D eigenvalue weighted by Crippen LogP contribution is -2.58. The van der Waals surface area contributed by atoms with E-state index in [0.29, 0.717) is 5.88 Å². The second-order valence-electron chi connectivity index (χ2n) is 13.3. The number of carbonyl (C=O) groups is 1. The van der Waals surface area contributed by atoms with Crippen molar-refractivity contribution in [2.75, 3.05) is 44.8 Å². The third kappa shape index (κ3) is 6.90. The maximum atomic E-state index is 13.2. The quantitative estimate of drug-likeness (QED) is 0.207. The van der Waals surface area contributed by atoms with Gasteiger partial charge >= 0.3 is 6.09 Å². The van der Waals surface area contributed by atoms with Crippen molar-refractivity contribution in [2.45, 2.75) is 90.8 Å². The number of hydrogen-bond acceptors (Lipinski definition) is 6. The minimum absolute atomic E-state index is 0.101. The lowest BCUT2D eigenvalue weighted by atomic mass is 9.95. The molecule has 2 bridgehead atoms. The highest BCUT2D eigenvalue weighted by Crippen LogP contribution is 2.36. The number of ether oxygens (including phenoxy) is 2. The molecule has 2 saturated heterocycles. The van der Waals surface area contributed by atoms with Crippen LogP contribution in [0.4, 0.5) is 10.5 Å². The van der Waals surface area contributed by atoms with Crippen molar-refractivity contribution in [3.8, 4) is 0 Å². The number of fused-ring (bicyclic) bond motifs is 3. The number of benzene rings is 2. The van der Waals surface area contributed by atoms with Gasteiger partial charge in [0, 0.05) is 43.9 Å². The van der Waals surface area contributed by atoms with Crippen molar-refractivity contribution < 1.29 is 19.4 Å². The van der Waals surface area contributed by atoms with Crippen molar-refractivity contribution in [3.05, 3.63) is 65.1 Å². The van der Waals surface area contributed by atoms with Crippen molar-refractivity contribution in [1.29, 1.82) is 0 Å². The first-order valence-corrected chi connectivity index (χ1v) is 16.3. The number of nitrogens with zero attached hydrogens (tertiary/aromatic N) is 4. The number of rotatable bonds is 8. The highest BCUT2D eigenvalue weighted by Gasteiger charge is 2.45. The molecule has 2 aromatic carbocycles. The predicted molar refractivity (Wildman–Crippen MR) is 178 cm³/mol. The van der Waals surface area contributed by atoms with E-state index in [1.807, 2.05) is 31.7 Å². The predicted octanol–water partition coefficient (Wildman–Crippen LogP) is 6.67. The number of anilines is 1. The van der Waals surface area contributed by atoms with Gasteiger partial charge in [0.15, 0.2) is 0 Å². The Labute approximate surface area is 263 Å². The normalized spacial score (nSPS) is 21.4. The second kappa shape index (κ2) is 13.6. The Morgan fingerprint density at radius 1 is 1.11 bits per heavy atom. The fourth-order valence-electron chi connectivity index (χ4n) is 7.04. The summed E-state index contributed by atoms with van der Waals surface area (Å²) in [6, 6.07) is 13.3. The fourth-order valence-corrected chi connectivity index (χ4v) is 7.04. The molecule has 8 nitrogen and oxygen atoms in total. The average molecular weight is 603 g/mol. The van der Waals surface area contributed by atoms with Crippen molar-refractivity contribution >= 4 is 28.4 Å². The fraction of sp³-hybridized carbons (Fsp3) is 0.556. The van der Waals surface area contributed by atoms with Crippen LogP contribution in [0.1, 0.15) is 72.3 Å². The zero-order valence-electron chi connectivity index (χ0n) is 27.4. The van der Waals surface area contributed by atoms with Crippen molar-refractivity contribution in [3.63, 3.8) is 0 Å². The van der Waals surface area contributed by atoms with E-state index in [1.165, 1.54) is 33.2 Å². The Morgan fingerprint density at radius 2 is 1.82 bits per heavy atom. The van der Waals surface area contributed by atoms with E-state index in [0.717, 1.165) is 70.5 Å². The van der Waals surface area contributed by atoms with Crippen LogP contribution >= 0.6 is 0 Å². The number of hydrogen-bond donors (Lipinski definition) is 1. The molecule has 238 valence electrons. The summed E-state index contributed by atoms with van der Waals surface area (Å²) in [6.07, 6.45) is 7.09. The van der Waals surface area contributed by atoms with E-state index in [2.05, 4.69) is 60.0 Å². The maximum absolute atomic E-state index is 13.2. The minimum atomic E-state index is -0.516. The number of aliphatic hydroxyl groups excluding tert-OH is 1. The van der Waals surface area contributed by atoms with Crippen LogP contribution in [0.3, 0.4) is 0 Å². The van der Waals surface area contributed by atoms with Crippen molar-refractivity contribution in [2.24, 2.45) is 4.99 Å². The van der Waals surface area contributed by atoms with Crippen LogP contribution in [-0.4, -0.2) is 84.4 Å². The average Bonchev–Trinajstić information content (AvgIpc) is 3.26. The third-order valence-corrected chi connectivity index (χ3v) is 8.95. The Morgan fingerprint density at radius 3 is 2.43 bits per heavy atom. The summed E-state index contributed by atoms with van der Waals surface area (Å²) in [5, 5.41) is 12.0. The van der Waals surface area contributed by atoms with E-state index in [4.69, 9.17) is 14.5 Å². The molecule has 8 heteroatoms. The monoisotopic (exact) mass is 602 g/mol. The number of aliphatic hydroxyl groups is 1. The summed E-state index contributed by atoms with van der Waals surface area (Å²) in [6.45, 7) is 13.5. The van der Waals surface area contributed by atoms with Gasteiger partial charge in [-0.1, -0.05) is 37.3 Å². The molecule has 1 N–H and O–H groups in total. The number of allylic oxidation sites excluding steroid dienone is 1. The van der Waals surface area contributed by atoms with Gasteiger partial charge in [0.25, 0.3) is 0 Å². The smallest absolute Gasteiger partial charge is 0.410 e. The van der Waals surface area contributed by atoms with Gasteiger partial charge < -0.3 is 24.4 Å². The molecular formula is C36H50N4O4. The van der Waals surface area contributed by atoms with Gasteiger partial charge in [-0.05, 0) is 100 Å². The standard InChI is InChI=1S/C36H50N4O4/c1-7-11-32(43-6)37-34(39-23-28-17-18-29(24-39)40(28)35(42)44-36(3,4)5)30-19-20-38(22-25(30)2)31-16-9-14-26-12-8-13-27(33(26)31)15-10-21-41/h8-9,11-14,16,28-29,41H,7,10,15,17-24H2,1-6H3/b32-11-,37-34+. The van der Waals surface area contributed by atoms with Gasteiger partial charge in [-0.15, -0.1) is 0 Å². The van der Waals surface area contributed by atoms with E-state index in [-0.39, 0.29) is 24.8 Å². The Balaban J connectivity index is 1.45. The SMILES string of the molecule is CC/C=C(/N=C(\C1=C(C)CN(c2cccc3cccc(CCCO)c23)CC1)N1CC2CCC(C1)N2C(=O)OC(C)(C)C)OC. The number of carbonyl (C=O) groups excluding carboxylic acids is 1. The molecule has 2 unspecified atom stereocenters. The van der Waals surface area contributed by atoms with Crippen LogP contribution in [0.15, 0.2) is 64.5 Å². The zero-order chi connectivity index (χ0) is 31.4. The molecule has 0 spiro atoms. The molecule has 2 aromatic rings. The lowest BCUT2D eigenvalue weighted by Gasteiger charge is -2.43. The summed E-state index contributed by atoms with van der Waals surface area (Å²) >= 11 is 0. The number of amides is 1. The molecule has 0 aromatic heterocycles. The lowest BCUT2D eigenvalue weighted by molar-refractivity contribution is 0.00277. The molecule has 0 aliphatic carbocycles. The van der Waals surface area contributed by atoms with Gasteiger partial charge in [0.2, 0.25) is 5.88 Å². The van der Waals surface area contributed by atoms with Gasteiger partial charge in [0.1, 0.15) is 11.4 Å². The minimum Gasteiger partial charge on any atom is -0.481 e. The van der Waals surface area contributed by atoms with Crippen LogP contribution in [0.25, 0.3) is 10.8 Å². The first-order valence-electron chi connectivity index (χ1n) is 16.3. The molecule has 0 radical (unpaired) electrons. The number of aliphatic imine (C=N–C) groups is 1.